The fourth-order valence-electron chi connectivity index (χ4n) is 2.94. The number of nitrogens with zero attached hydrogens (tertiary/aromatic N) is 4. The van der Waals surface area contributed by atoms with E-state index >= 15 is 0 Å². The molecule has 0 fully saturated rings. The van der Waals surface area contributed by atoms with Crippen LogP contribution in [0.15, 0.2) is 73.8 Å². The average Bonchev–Trinajstić information content (AvgIpc) is 2.68. The second kappa shape index (κ2) is 6.84. The van der Waals surface area contributed by atoms with Gasteiger partial charge in [0.2, 0.25) is 0 Å². The molecule has 0 aliphatic rings. The summed E-state index contributed by atoms with van der Waals surface area (Å²) in [4.78, 5) is 17.4. The van der Waals surface area contributed by atoms with Crippen molar-refractivity contribution in [3.05, 3.63) is 85.0 Å². The summed E-state index contributed by atoms with van der Waals surface area (Å²) in [6.07, 6.45) is 14.9. The van der Waals surface area contributed by atoms with E-state index in [-0.39, 0.29) is 0 Å². The lowest BCUT2D eigenvalue weighted by Gasteiger charge is -2.08. The Balaban J connectivity index is 1.75. The maximum absolute atomic E-state index is 4.42. The molecule has 0 bridgehead atoms. The third-order valence-electron chi connectivity index (χ3n) is 4.23. The van der Waals surface area contributed by atoms with Crippen LogP contribution in [0.5, 0.6) is 0 Å². The van der Waals surface area contributed by atoms with Crippen LogP contribution in [-0.4, -0.2) is 19.9 Å². The molecule has 0 saturated carbocycles. The minimum absolute atomic E-state index is 1.03. The average molecular weight is 338 g/mol. The molecular formula is C22H18N4. The van der Waals surface area contributed by atoms with E-state index in [1.165, 1.54) is 0 Å². The Morgan fingerprint density at radius 3 is 0.962 bits per heavy atom. The summed E-state index contributed by atoms with van der Waals surface area (Å²) in [7, 11) is 0. The predicted octanol–water partition coefficient (Wildman–Crippen LogP) is 4.88. The van der Waals surface area contributed by atoms with E-state index in [1.54, 1.807) is 0 Å². The van der Waals surface area contributed by atoms with E-state index in [2.05, 4.69) is 44.2 Å². The van der Waals surface area contributed by atoms with Gasteiger partial charge >= 0.3 is 0 Å². The highest BCUT2D eigenvalue weighted by molar-refractivity contribution is 5.74. The lowest BCUT2D eigenvalue weighted by Crippen LogP contribution is -1.89. The molecule has 4 nitrogen and oxygen atoms in total. The Morgan fingerprint density at radius 2 is 0.654 bits per heavy atom. The number of hydrogen-bond donors (Lipinski definition) is 0. The van der Waals surface area contributed by atoms with Gasteiger partial charge in [-0.3, -0.25) is 19.9 Å². The van der Waals surface area contributed by atoms with Gasteiger partial charge in [0.15, 0.2) is 0 Å². The van der Waals surface area contributed by atoms with Crippen LogP contribution in [0.3, 0.4) is 0 Å². The van der Waals surface area contributed by atoms with Crippen molar-refractivity contribution in [3.8, 4) is 33.4 Å². The molecule has 126 valence electrons. The van der Waals surface area contributed by atoms with Gasteiger partial charge in [0.1, 0.15) is 0 Å². The maximum atomic E-state index is 4.42. The first-order chi connectivity index (χ1) is 12.7. The lowest BCUT2D eigenvalue weighted by molar-refractivity contribution is 1.25. The Morgan fingerprint density at radius 1 is 0.385 bits per heavy atom. The largest absolute Gasteiger partial charge is 0.264 e. The monoisotopic (exact) mass is 338 g/mol. The van der Waals surface area contributed by atoms with Crippen molar-refractivity contribution in [2.45, 2.75) is 13.8 Å². The number of aryl methyl sites for hydroxylation is 2. The van der Waals surface area contributed by atoms with Crippen LogP contribution in [0.2, 0.25) is 0 Å². The predicted molar refractivity (Wildman–Crippen MR) is 103 cm³/mol. The highest BCUT2D eigenvalue weighted by atomic mass is 14.7. The Labute approximate surface area is 152 Å². The van der Waals surface area contributed by atoms with Gasteiger partial charge in [0.05, 0.1) is 0 Å². The minimum Gasteiger partial charge on any atom is -0.264 e. The number of hydrogen-bond acceptors (Lipinski definition) is 4. The van der Waals surface area contributed by atoms with Crippen molar-refractivity contribution < 1.29 is 0 Å². The maximum Gasteiger partial charge on any atom is 0.0347 e. The third-order valence-corrected chi connectivity index (χ3v) is 4.23. The van der Waals surface area contributed by atoms with Crippen molar-refractivity contribution in [2.24, 2.45) is 0 Å². The topological polar surface area (TPSA) is 51.6 Å². The normalized spacial score (nSPS) is 10.7. The third kappa shape index (κ3) is 3.35. The molecule has 0 aliphatic carbocycles. The molecule has 26 heavy (non-hydrogen) atoms. The van der Waals surface area contributed by atoms with Crippen LogP contribution in [0.1, 0.15) is 11.1 Å². The molecule has 0 aliphatic heterocycles. The number of aromatic nitrogens is 4. The van der Waals surface area contributed by atoms with Crippen molar-refractivity contribution in [1.29, 1.82) is 0 Å². The second-order valence-corrected chi connectivity index (χ2v) is 6.43. The van der Waals surface area contributed by atoms with Crippen LogP contribution < -0.4 is 0 Å². The smallest absolute Gasteiger partial charge is 0.0347 e. The number of pyridine rings is 4. The highest BCUT2D eigenvalue weighted by Crippen LogP contribution is 2.28. The van der Waals surface area contributed by atoms with Crippen LogP contribution in [0.25, 0.3) is 33.4 Å². The van der Waals surface area contributed by atoms with Gasteiger partial charge in [0.25, 0.3) is 0 Å². The van der Waals surface area contributed by atoms with E-state index in [4.69, 9.17) is 0 Å². The fourth-order valence-corrected chi connectivity index (χ4v) is 2.94. The Bertz CT molecular complexity index is 986. The lowest BCUT2D eigenvalue weighted by atomic mass is 10.0. The van der Waals surface area contributed by atoms with Crippen LogP contribution in [0.4, 0.5) is 0 Å². The van der Waals surface area contributed by atoms with E-state index < -0.39 is 0 Å². The summed E-state index contributed by atoms with van der Waals surface area (Å²) in [5.41, 5.74) is 8.52. The molecule has 4 aromatic heterocycles. The Kier molecular flexibility index (Phi) is 4.23. The molecule has 0 spiro atoms. The molecule has 4 aromatic rings. The van der Waals surface area contributed by atoms with Crippen molar-refractivity contribution >= 4 is 0 Å². The van der Waals surface area contributed by atoms with Gasteiger partial charge in [-0.2, -0.15) is 0 Å². The molecule has 0 unspecified atom stereocenters. The summed E-state index contributed by atoms with van der Waals surface area (Å²) in [6.45, 7) is 4.08. The molecule has 0 aromatic carbocycles. The summed E-state index contributed by atoms with van der Waals surface area (Å²) >= 11 is 0. The first-order valence-corrected chi connectivity index (χ1v) is 8.43. The van der Waals surface area contributed by atoms with Gasteiger partial charge in [0, 0.05) is 83.0 Å². The van der Waals surface area contributed by atoms with E-state index in [9.17, 15) is 0 Å². The molecule has 0 atom stereocenters. The van der Waals surface area contributed by atoms with Gasteiger partial charge in [-0.25, -0.2) is 0 Å². The van der Waals surface area contributed by atoms with Crippen molar-refractivity contribution in [2.75, 3.05) is 0 Å². The van der Waals surface area contributed by atoms with E-state index in [0.29, 0.717) is 0 Å². The first-order valence-electron chi connectivity index (χ1n) is 8.43. The summed E-state index contributed by atoms with van der Waals surface area (Å²) in [5, 5.41) is 0. The van der Waals surface area contributed by atoms with Crippen LogP contribution in [0, 0.1) is 13.8 Å². The molecule has 4 heterocycles. The van der Waals surface area contributed by atoms with Gasteiger partial charge < -0.3 is 0 Å². The summed E-state index contributed by atoms with van der Waals surface area (Å²) in [5.74, 6) is 0. The SMILES string of the molecule is Cc1cncc(-c2cncc(-c3cncc(-c4cncc(C)c4)c3)c2)c1. The summed E-state index contributed by atoms with van der Waals surface area (Å²) in [6, 6.07) is 8.47. The van der Waals surface area contributed by atoms with E-state index in [0.717, 1.165) is 44.5 Å². The van der Waals surface area contributed by atoms with Gasteiger partial charge in [-0.05, 0) is 49.2 Å². The number of rotatable bonds is 3. The fraction of sp³-hybridized carbons (Fsp3) is 0.0909. The minimum atomic E-state index is 1.03. The molecule has 0 N–H and O–H groups in total. The zero-order valence-electron chi connectivity index (χ0n) is 14.7. The zero-order valence-corrected chi connectivity index (χ0v) is 14.7. The standard InChI is InChI=1S/C22H18N4/c1-15-3-17(9-23-7-15)19-5-21(13-25-11-19)22-6-20(12-26-14-22)18-4-16(2)8-24-10-18/h3-14H,1-2H3. The highest BCUT2D eigenvalue weighted by Gasteiger charge is 2.06. The van der Waals surface area contributed by atoms with E-state index in [1.807, 2.05) is 63.4 Å². The molecule has 4 heteroatoms. The first kappa shape index (κ1) is 16.1. The molecule has 0 radical (unpaired) electrons. The van der Waals surface area contributed by atoms with Crippen molar-refractivity contribution in [1.82, 2.24) is 19.9 Å². The van der Waals surface area contributed by atoms with Crippen LogP contribution in [-0.2, 0) is 0 Å². The second-order valence-electron chi connectivity index (χ2n) is 6.43. The zero-order chi connectivity index (χ0) is 17.9. The van der Waals surface area contributed by atoms with Gasteiger partial charge in [-0.1, -0.05) is 0 Å². The quantitative estimate of drug-likeness (QED) is 0.534. The molecule has 0 saturated heterocycles. The Hall–Kier alpha value is -3.40. The summed E-state index contributed by atoms with van der Waals surface area (Å²) < 4.78 is 0. The van der Waals surface area contributed by atoms with Gasteiger partial charge in [-0.15, -0.1) is 0 Å². The van der Waals surface area contributed by atoms with Crippen LogP contribution >= 0.6 is 0 Å². The molecular weight excluding hydrogens is 320 g/mol. The van der Waals surface area contributed by atoms with Crippen molar-refractivity contribution in [3.63, 3.8) is 0 Å². The molecule has 4 rings (SSSR count). The molecule has 0 amide bonds.